The number of carbonyl (C=O) groups excluding carboxylic acids is 1. The molecule has 0 bridgehead atoms. The minimum absolute atomic E-state index is 0.0851. The van der Waals surface area contributed by atoms with Gasteiger partial charge in [0.15, 0.2) is 0 Å². The quantitative estimate of drug-likeness (QED) is 0.858. The molecule has 6 nitrogen and oxygen atoms in total. The molecule has 2 aromatic rings. The number of likely N-dealkylation sites (tertiary alicyclic amines) is 1. The van der Waals surface area contributed by atoms with E-state index in [2.05, 4.69) is 22.0 Å². The van der Waals surface area contributed by atoms with Crippen molar-refractivity contribution in [2.45, 2.75) is 65.8 Å². The highest BCUT2D eigenvalue weighted by Crippen LogP contribution is 2.22. The van der Waals surface area contributed by atoms with E-state index in [0.29, 0.717) is 17.6 Å². The zero-order chi connectivity index (χ0) is 18.0. The summed E-state index contributed by atoms with van der Waals surface area (Å²) in [6.45, 7) is 8.75. The molecule has 0 radical (unpaired) electrons. The minimum atomic E-state index is 0.0851. The maximum atomic E-state index is 13.2. The van der Waals surface area contributed by atoms with Gasteiger partial charge in [0.1, 0.15) is 0 Å². The number of amides is 1. The van der Waals surface area contributed by atoms with E-state index in [1.807, 2.05) is 31.7 Å². The molecule has 0 spiro atoms. The highest BCUT2D eigenvalue weighted by molar-refractivity contribution is 5.95. The Bertz CT molecular complexity index is 747. The molecular weight excluding hydrogens is 314 g/mol. The fourth-order valence-corrected chi connectivity index (χ4v) is 3.61. The molecule has 3 heterocycles. The molecule has 134 valence electrons. The molecular formula is C19H27N5O. The zero-order valence-corrected chi connectivity index (χ0v) is 15.6. The summed E-state index contributed by atoms with van der Waals surface area (Å²) in [6, 6.07) is 2.25. The first-order chi connectivity index (χ1) is 12.0. The van der Waals surface area contributed by atoms with Crippen LogP contribution in [0.3, 0.4) is 0 Å². The van der Waals surface area contributed by atoms with Crippen LogP contribution in [0.5, 0.6) is 0 Å². The molecule has 1 saturated heterocycles. The number of aryl methyl sites for hydroxylation is 3. The average Bonchev–Trinajstić information content (AvgIpc) is 2.80. The van der Waals surface area contributed by atoms with Gasteiger partial charge in [0.25, 0.3) is 11.9 Å². The highest BCUT2D eigenvalue weighted by atomic mass is 16.2. The summed E-state index contributed by atoms with van der Waals surface area (Å²) in [5.41, 5.74) is 3.17. The average molecular weight is 341 g/mol. The van der Waals surface area contributed by atoms with Crippen LogP contribution in [0.1, 0.15) is 66.5 Å². The lowest BCUT2D eigenvalue weighted by atomic mass is 10.1. The van der Waals surface area contributed by atoms with E-state index in [4.69, 9.17) is 0 Å². The van der Waals surface area contributed by atoms with Gasteiger partial charge in [-0.2, -0.15) is 5.10 Å². The van der Waals surface area contributed by atoms with Crippen LogP contribution in [-0.4, -0.2) is 43.1 Å². The third-order valence-corrected chi connectivity index (χ3v) is 4.91. The Morgan fingerprint density at radius 1 is 1.16 bits per heavy atom. The maximum Gasteiger partial charge on any atom is 0.257 e. The van der Waals surface area contributed by atoms with Crippen LogP contribution in [0.15, 0.2) is 12.3 Å². The molecule has 1 amide bonds. The van der Waals surface area contributed by atoms with Crippen LogP contribution in [0.25, 0.3) is 5.95 Å². The Labute approximate surface area is 149 Å². The SMILES string of the molecule is CCC1CCCCCN1C(=O)c1cn(-c2nc(C)cc(C)n2)nc1C. The number of rotatable bonds is 3. The Hall–Kier alpha value is -2.24. The van der Waals surface area contributed by atoms with E-state index >= 15 is 0 Å². The smallest absolute Gasteiger partial charge is 0.257 e. The largest absolute Gasteiger partial charge is 0.336 e. The van der Waals surface area contributed by atoms with E-state index in [0.717, 1.165) is 42.9 Å². The monoisotopic (exact) mass is 341 g/mol. The molecule has 0 aromatic carbocycles. The van der Waals surface area contributed by atoms with Gasteiger partial charge in [0.2, 0.25) is 0 Å². The van der Waals surface area contributed by atoms with Crippen molar-refractivity contribution < 1.29 is 4.79 Å². The lowest BCUT2D eigenvalue weighted by molar-refractivity contribution is 0.0677. The van der Waals surface area contributed by atoms with E-state index in [1.54, 1.807) is 10.9 Å². The Morgan fingerprint density at radius 2 is 1.88 bits per heavy atom. The second kappa shape index (κ2) is 7.33. The molecule has 6 heteroatoms. The van der Waals surface area contributed by atoms with Crippen LogP contribution >= 0.6 is 0 Å². The number of carbonyl (C=O) groups is 1. The summed E-state index contributed by atoms with van der Waals surface area (Å²) < 4.78 is 1.63. The van der Waals surface area contributed by atoms with Gasteiger partial charge in [0, 0.05) is 30.2 Å². The molecule has 1 fully saturated rings. The Kier molecular flexibility index (Phi) is 5.16. The van der Waals surface area contributed by atoms with Crippen molar-refractivity contribution in [3.8, 4) is 5.95 Å². The molecule has 25 heavy (non-hydrogen) atoms. The number of aromatic nitrogens is 4. The van der Waals surface area contributed by atoms with E-state index in [9.17, 15) is 4.79 Å². The van der Waals surface area contributed by atoms with Crippen molar-refractivity contribution in [3.63, 3.8) is 0 Å². The number of hydrogen-bond acceptors (Lipinski definition) is 4. The summed E-state index contributed by atoms with van der Waals surface area (Å²) in [5.74, 6) is 0.601. The summed E-state index contributed by atoms with van der Waals surface area (Å²) in [4.78, 5) is 24.1. The first-order valence-electron chi connectivity index (χ1n) is 9.19. The van der Waals surface area contributed by atoms with Crippen LogP contribution in [-0.2, 0) is 0 Å². The van der Waals surface area contributed by atoms with Crippen molar-refractivity contribution in [3.05, 3.63) is 34.9 Å². The molecule has 1 aliphatic heterocycles. The van der Waals surface area contributed by atoms with Crippen molar-refractivity contribution in [1.29, 1.82) is 0 Å². The second-order valence-electron chi connectivity index (χ2n) is 6.93. The predicted molar refractivity (Wildman–Crippen MR) is 96.9 cm³/mol. The topological polar surface area (TPSA) is 63.9 Å². The van der Waals surface area contributed by atoms with Gasteiger partial charge >= 0.3 is 0 Å². The fraction of sp³-hybridized carbons (Fsp3) is 0.579. The van der Waals surface area contributed by atoms with Crippen LogP contribution in [0.4, 0.5) is 0 Å². The minimum Gasteiger partial charge on any atom is -0.336 e. The molecule has 3 rings (SSSR count). The summed E-state index contributed by atoms with van der Waals surface area (Å²) >= 11 is 0. The fourth-order valence-electron chi connectivity index (χ4n) is 3.61. The molecule has 1 unspecified atom stereocenters. The van der Waals surface area contributed by atoms with E-state index in [-0.39, 0.29) is 5.91 Å². The Morgan fingerprint density at radius 3 is 2.56 bits per heavy atom. The van der Waals surface area contributed by atoms with Gasteiger partial charge in [-0.25, -0.2) is 14.6 Å². The lowest BCUT2D eigenvalue weighted by Gasteiger charge is -2.29. The van der Waals surface area contributed by atoms with Crippen LogP contribution in [0.2, 0.25) is 0 Å². The van der Waals surface area contributed by atoms with Crippen LogP contribution < -0.4 is 0 Å². The van der Waals surface area contributed by atoms with Crippen molar-refractivity contribution in [2.75, 3.05) is 6.54 Å². The third kappa shape index (κ3) is 3.72. The molecule has 1 atom stereocenters. The molecule has 1 aliphatic rings. The van der Waals surface area contributed by atoms with Gasteiger partial charge in [-0.15, -0.1) is 0 Å². The second-order valence-corrected chi connectivity index (χ2v) is 6.93. The van der Waals surface area contributed by atoms with Crippen molar-refractivity contribution in [2.24, 2.45) is 0 Å². The van der Waals surface area contributed by atoms with Gasteiger partial charge in [-0.3, -0.25) is 4.79 Å². The highest BCUT2D eigenvalue weighted by Gasteiger charge is 2.27. The number of nitrogens with zero attached hydrogens (tertiary/aromatic N) is 5. The number of hydrogen-bond donors (Lipinski definition) is 0. The molecule has 0 saturated carbocycles. The van der Waals surface area contributed by atoms with Gasteiger partial charge in [-0.1, -0.05) is 19.8 Å². The summed E-state index contributed by atoms with van der Waals surface area (Å²) in [5, 5.41) is 4.50. The normalized spacial score (nSPS) is 18.2. The predicted octanol–water partition coefficient (Wildman–Crippen LogP) is 3.38. The maximum absolute atomic E-state index is 13.2. The first-order valence-corrected chi connectivity index (χ1v) is 9.19. The van der Waals surface area contributed by atoms with Gasteiger partial charge in [0.05, 0.1) is 11.3 Å². The van der Waals surface area contributed by atoms with E-state index in [1.165, 1.54) is 12.8 Å². The molecule has 0 aliphatic carbocycles. The molecule has 0 N–H and O–H groups in total. The first kappa shape index (κ1) is 17.6. The molecule has 2 aromatic heterocycles. The van der Waals surface area contributed by atoms with Crippen molar-refractivity contribution >= 4 is 5.91 Å². The summed E-state index contributed by atoms with van der Waals surface area (Å²) in [6.07, 6.45) is 7.36. The van der Waals surface area contributed by atoms with Crippen molar-refractivity contribution in [1.82, 2.24) is 24.6 Å². The van der Waals surface area contributed by atoms with Gasteiger partial charge in [-0.05, 0) is 46.1 Å². The standard InChI is InChI=1S/C19H27N5O/c1-5-16-9-7-6-8-10-23(16)18(25)17-12-24(22-15(17)4)19-20-13(2)11-14(3)21-19/h11-12,16H,5-10H2,1-4H3. The van der Waals surface area contributed by atoms with Crippen LogP contribution in [0, 0.1) is 20.8 Å². The summed E-state index contributed by atoms with van der Waals surface area (Å²) in [7, 11) is 0. The lowest BCUT2D eigenvalue weighted by Crippen LogP contribution is -2.39. The zero-order valence-electron chi connectivity index (χ0n) is 15.6. The van der Waals surface area contributed by atoms with Gasteiger partial charge < -0.3 is 4.90 Å². The van der Waals surface area contributed by atoms with E-state index < -0.39 is 0 Å². The third-order valence-electron chi connectivity index (χ3n) is 4.91. The Balaban J connectivity index is 1.92.